The Morgan fingerprint density at radius 3 is 1.50 bits per heavy atom. The number of rotatable bonds is 0. The summed E-state index contributed by atoms with van der Waals surface area (Å²) in [7, 11) is 1.55. The van der Waals surface area contributed by atoms with E-state index in [1.807, 2.05) is 20.8 Å². The van der Waals surface area contributed by atoms with Crippen LogP contribution in [0.3, 0.4) is 0 Å². The number of amides is 2. The van der Waals surface area contributed by atoms with Crippen molar-refractivity contribution in [3.63, 3.8) is 0 Å². The number of carbonyl (C=O) groups excluding carboxylic acids is 2. The Morgan fingerprint density at radius 1 is 0.639 bits per heavy atom. The minimum atomic E-state index is -0.130. The van der Waals surface area contributed by atoms with Crippen LogP contribution in [0.15, 0.2) is 0 Å². The topological polar surface area (TPSA) is 37.4 Å². The van der Waals surface area contributed by atoms with Crippen molar-refractivity contribution >= 4 is 11.8 Å². The van der Waals surface area contributed by atoms with Gasteiger partial charge in [-0.3, -0.25) is 14.5 Å². The largest absolute Gasteiger partial charge is 0.285 e. The van der Waals surface area contributed by atoms with Gasteiger partial charge < -0.3 is 0 Å². The van der Waals surface area contributed by atoms with Crippen LogP contribution in [-0.2, 0) is 9.59 Å². The van der Waals surface area contributed by atoms with Gasteiger partial charge in [-0.25, -0.2) is 0 Å². The summed E-state index contributed by atoms with van der Waals surface area (Å²) in [5.41, 5.74) is 1.03. The molecule has 3 nitrogen and oxygen atoms in total. The summed E-state index contributed by atoms with van der Waals surface area (Å²) < 4.78 is 0. The molecule has 0 radical (unpaired) electrons. The molecular weight excluding hydrogens is 442 g/mol. The van der Waals surface area contributed by atoms with Gasteiger partial charge in [0.2, 0.25) is 11.8 Å². The van der Waals surface area contributed by atoms with E-state index in [2.05, 4.69) is 55.4 Å². The molecule has 1 aliphatic heterocycles. The number of carbonyl (C=O) groups is 2. The van der Waals surface area contributed by atoms with Crippen LogP contribution in [0.5, 0.6) is 0 Å². The van der Waals surface area contributed by atoms with Gasteiger partial charge in [0.25, 0.3) is 0 Å². The van der Waals surface area contributed by atoms with Crippen LogP contribution < -0.4 is 0 Å². The third-order valence-corrected chi connectivity index (χ3v) is 11.0. The molecule has 36 heavy (non-hydrogen) atoms. The molecule has 9 atom stereocenters. The van der Waals surface area contributed by atoms with Crippen molar-refractivity contribution in [1.82, 2.24) is 4.90 Å². The van der Waals surface area contributed by atoms with Crippen LogP contribution in [0, 0.1) is 69.5 Å². The van der Waals surface area contributed by atoms with Crippen molar-refractivity contribution in [2.45, 2.75) is 121 Å². The van der Waals surface area contributed by atoms with Gasteiger partial charge >= 0.3 is 0 Å². The fourth-order valence-corrected chi connectivity index (χ4v) is 8.75. The molecule has 4 aliphatic carbocycles. The Bertz CT molecular complexity index is 792. The highest BCUT2D eigenvalue weighted by Crippen LogP contribution is 2.57. The molecule has 0 aromatic heterocycles. The smallest absolute Gasteiger partial charge is 0.233 e. The van der Waals surface area contributed by atoms with E-state index in [9.17, 15) is 9.59 Å². The van der Waals surface area contributed by atoms with Crippen molar-refractivity contribution < 1.29 is 9.59 Å². The maximum absolute atomic E-state index is 11.5. The van der Waals surface area contributed by atoms with E-state index in [-0.39, 0.29) is 23.1 Å². The first kappa shape index (κ1) is 29.7. The molecular formula is C33H59NO2. The highest BCUT2D eigenvalue weighted by molar-refractivity contribution is 6.03. The van der Waals surface area contributed by atoms with Gasteiger partial charge in [0, 0.05) is 13.5 Å². The van der Waals surface area contributed by atoms with Crippen molar-refractivity contribution in [2.24, 2.45) is 69.5 Å². The first-order chi connectivity index (χ1) is 16.3. The zero-order chi connectivity index (χ0) is 27.4. The van der Waals surface area contributed by atoms with Crippen LogP contribution >= 0.6 is 0 Å². The molecule has 4 saturated carbocycles. The Morgan fingerprint density at radius 2 is 1.22 bits per heavy atom. The predicted octanol–water partition coefficient (Wildman–Crippen LogP) is 8.47. The highest BCUT2D eigenvalue weighted by Gasteiger charge is 2.49. The Hall–Kier alpha value is -0.860. The quantitative estimate of drug-likeness (QED) is 0.312. The van der Waals surface area contributed by atoms with Gasteiger partial charge in [-0.2, -0.15) is 0 Å². The van der Waals surface area contributed by atoms with E-state index < -0.39 is 0 Å². The minimum Gasteiger partial charge on any atom is -0.285 e. The van der Waals surface area contributed by atoms with E-state index in [4.69, 9.17) is 0 Å². The molecule has 0 N–H and O–H groups in total. The third-order valence-electron chi connectivity index (χ3n) is 11.0. The summed E-state index contributed by atoms with van der Waals surface area (Å²) in [4.78, 5) is 23.8. The summed E-state index contributed by atoms with van der Waals surface area (Å²) >= 11 is 0. The lowest BCUT2D eigenvalue weighted by Crippen LogP contribution is -2.30. The summed E-state index contributed by atoms with van der Waals surface area (Å²) in [5.74, 6) is 8.20. The molecule has 5 rings (SSSR count). The Balaban J connectivity index is 0.000000150. The number of hydrogen-bond acceptors (Lipinski definition) is 2. The second-order valence-electron chi connectivity index (χ2n) is 16.8. The first-order valence-corrected chi connectivity index (χ1v) is 15.1. The van der Waals surface area contributed by atoms with Gasteiger partial charge in [0.15, 0.2) is 0 Å². The lowest BCUT2D eigenvalue weighted by Gasteiger charge is -2.37. The number of imide groups is 1. The monoisotopic (exact) mass is 501 g/mol. The summed E-state index contributed by atoms with van der Waals surface area (Å²) in [6, 6.07) is 0. The SMILES string of the molecule is CC1CC2CC1C(C(C)(C)C)C2.CC1CC2CC1CC2C(C)(C)C.CN1C(=O)CC(C(C)(C)C)C1=O. The maximum atomic E-state index is 11.5. The van der Waals surface area contributed by atoms with Crippen LogP contribution in [-0.4, -0.2) is 23.8 Å². The molecule has 5 fully saturated rings. The van der Waals surface area contributed by atoms with E-state index in [0.717, 1.165) is 47.3 Å². The maximum Gasteiger partial charge on any atom is 0.233 e. The van der Waals surface area contributed by atoms with E-state index >= 15 is 0 Å². The summed E-state index contributed by atoms with van der Waals surface area (Å²) in [5, 5.41) is 0. The van der Waals surface area contributed by atoms with Crippen molar-refractivity contribution in [2.75, 3.05) is 7.05 Å². The van der Waals surface area contributed by atoms with Gasteiger partial charge in [-0.15, -0.1) is 0 Å². The third kappa shape index (κ3) is 6.40. The van der Waals surface area contributed by atoms with Crippen LogP contribution in [0.4, 0.5) is 0 Å². The Kier molecular flexibility index (Phi) is 8.55. The molecule has 1 saturated heterocycles. The predicted molar refractivity (Wildman–Crippen MR) is 151 cm³/mol. The molecule has 5 aliphatic rings. The molecule has 3 heteroatoms. The highest BCUT2D eigenvalue weighted by atomic mass is 16.2. The normalized spacial score (nSPS) is 39.8. The number of nitrogens with zero attached hydrogens (tertiary/aromatic N) is 1. The Labute approximate surface area is 223 Å². The van der Waals surface area contributed by atoms with Crippen LogP contribution in [0.2, 0.25) is 0 Å². The van der Waals surface area contributed by atoms with E-state index in [0.29, 0.717) is 17.3 Å². The lowest BCUT2D eigenvalue weighted by atomic mass is 9.69. The standard InChI is InChI=1S/2C12H22.C9H15NO2/c1-8-5-10-6-9(8)7-11(10)12(2,3)4;1-8-5-9-6-10(8)11(7-9)12(2,3)4;1-9(2,3)6-5-7(11)10(4)8(6)12/h2*8-11H,5-7H2,1-4H3;6H,5H2,1-4H3. The fourth-order valence-electron chi connectivity index (χ4n) is 8.75. The zero-order valence-corrected chi connectivity index (χ0v) is 25.9. The molecule has 208 valence electrons. The number of likely N-dealkylation sites (tertiary alicyclic amines) is 1. The van der Waals surface area contributed by atoms with Gasteiger partial charge in [0.1, 0.15) is 0 Å². The number of fused-ring (bicyclic) bond motifs is 4. The average Bonchev–Trinajstić information content (AvgIpc) is 3.51. The van der Waals surface area contributed by atoms with Crippen LogP contribution in [0.1, 0.15) is 121 Å². The molecule has 0 spiro atoms. The number of hydrogen-bond donors (Lipinski definition) is 0. The molecule has 0 aromatic carbocycles. The molecule has 9 unspecified atom stereocenters. The average molecular weight is 502 g/mol. The summed E-state index contributed by atoms with van der Waals surface area (Å²) in [6.45, 7) is 25.4. The molecule has 2 amide bonds. The summed E-state index contributed by atoms with van der Waals surface area (Å²) in [6.07, 6.45) is 9.56. The first-order valence-electron chi connectivity index (χ1n) is 15.1. The minimum absolute atomic E-state index is 0.0347. The van der Waals surface area contributed by atoms with Gasteiger partial charge in [0.05, 0.1) is 5.92 Å². The van der Waals surface area contributed by atoms with E-state index in [1.54, 1.807) is 19.9 Å². The van der Waals surface area contributed by atoms with Crippen molar-refractivity contribution in [1.29, 1.82) is 0 Å². The van der Waals surface area contributed by atoms with E-state index in [1.165, 1.54) is 30.6 Å². The van der Waals surface area contributed by atoms with Crippen LogP contribution in [0.25, 0.3) is 0 Å². The zero-order valence-electron chi connectivity index (χ0n) is 25.9. The second kappa shape index (κ2) is 10.4. The molecule has 0 aromatic rings. The van der Waals surface area contributed by atoms with Gasteiger partial charge in [-0.05, 0) is 102 Å². The molecule has 4 bridgehead atoms. The second-order valence-corrected chi connectivity index (χ2v) is 16.8. The van der Waals surface area contributed by atoms with Crippen molar-refractivity contribution in [3.8, 4) is 0 Å². The lowest BCUT2D eigenvalue weighted by molar-refractivity contribution is -0.138. The van der Waals surface area contributed by atoms with Gasteiger partial charge in [-0.1, -0.05) is 76.2 Å². The molecule has 1 heterocycles. The fraction of sp³-hybridized carbons (Fsp3) is 0.939. The van der Waals surface area contributed by atoms with Crippen molar-refractivity contribution in [3.05, 3.63) is 0 Å².